The van der Waals surface area contributed by atoms with Crippen molar-refractivity contribution in [3.63, 3.8) is 0 Å². The normalized spacial score (nSPS) is 12.3. The fourth-order valence-corrected chi connectivity index (χ4v) is 4.54. The predicted octanol–water partition coefficient (Wildman–Crippen LogP) is 6.98. The van der Waals surface area contributed by atoms with Gasteiger partial charge in [0, 0.05) is 48.0 Å². The van der Waals surface area contributed by atoms with E-state index >= 15 is 0 Å². The molecule has 0 fully saturated rings. The Kier molecular flexibility index (Phi) is 23.3. The number of carbonyl (C=O) groups is 4. The summed E-state index contributed by atoms with van der Waals surface area (Å²) in [5.41, 5.74) is 4.97. The van der Waals surface area contributed by atoms with Crippen LogP contribution in [0.4, 0.5) is 0 Å². The summed E-state index contributed by atoms with van der Waals surface area (Å²) in [6.45, 7) is 11.7. The summed E-state index contributed by atoms with van der Waals surface area (Å²) in [7, 11) is 0. The molecule has 0 unspecified atom stereocenters. The van der Waals surface area contributed by atoms with Crippen molar-refractivity contribution in [3.05, 3.63) is 116 Å². The van der Waals surface area contributed by atoms with Gasteiger partial charge in [0.05, 0.1) is 23.0 Å². The molecule has 0 amide bonds. The first-order valence-corrected chi connectivity index (χ1v) is 15.7. The molecule has 0 saturated heterocycles. The third-order valence-corrected chi connectivity index (χ3v) is 6.95. The van der Waals surface area contributed by atoms with E-state index in [1.165, 1.54) is 55.4 Å². The molecule has 0 radical (unpaired) electrons. The van der Waals surface area contributed by atoms with Crippen LogP contribution in [0.5, 0.6) is 0 Å². The molecule has 0 heterocycles. The fraction of sp³-hybridized carbons (Fsp3) is 0.333. The van der Waals surface area contributed by atoms with Crippen molar-refractivity contribution in [1.82, 2.24) is 0 Å². The van der Waals surface area contributed by atoms with E-state index < -0.39 is 0 Å². The van der Waals surface area contributed by atoms with Gasteiger partial charge >= 0.3 is 42.1 Å². The minimum atomic E-state index is -0.166. The molecular weight excluding hydrogens is 694 g/mol. The summed E-state index contributed by atoms with van der Waals surface area (Å²) in [5, 5.41) is 38.3. The number of ketones is 4. The van der Waals surface area contributed by atoms with Gasteiger partial charge in [-0.05, 0) is 77.6 Å². The molecule has 0 aliphatic rings. The third-order valence-electron chi connectivity index (χ3n) is 6.95. The molecule has 0 saturated carbocycles. The van der Waals surface area contributed by atoms with E-state index in [0.29, 0.717) is 48.0 Å². The molecule has 0 aliphatic carbocycles. The zero-order chi connectivity index (χ0) is 37.7. The van der Waals surface area contributed by atoms with E-state index in [-0.39, 0.29) is 46.2 Å². The van der Waals surface area contributed by atoms with Crippen LogP contribution in [0.15, 0.2) is 93.9 Å². The molecule has 0 aliphatic heterocycles. The summed E-state index contributed by atoms with van der Waals surface area (Å²) in [5.74, 6) is -0.576. The Morgan fingerprint density at radius 2 is 0.583 bits per heavy atom. The van der Waals surface area contributed by atoms with Crippen LogP contribution in [-0.4, -0.2) is 43.6 Å². The second-order valence-corrected chi connectivity index (χ2v) is 10.8. The van der Waals surface area contributed by atoms with E-state index in [9.17, 15) is 39.6 Å². The first-order chi connectivity index (χ1) is 22.4. The quantitative estimate of drug-likeness (QED) is 0.131. The van der Waals surface area contributed by atoms with E-state index in [1.807, 2.05) is 48.5 Å². The average Bonchev–Trinajstić information content (AvgIpc) is 3.01. The second kappa shape index (κ2) is 24.2. The number of carbonyl (C=O) groups excluding carboxylic acids is 4. The zero-order valence-electron chi connectivity index (χ0n) is 28.6. The number of aliphatic hydroxyl groups excluding tert-OH is 4. The van der Waals surface area contributed by atoms with Crippen LogP contribution in [-0.2, 0) is 86.9 Å². The topological polar surface area (TPSA) is 183 Å². The van der Waals surface area contributed by atoms with Gasteiger partial charge in [0.1, 0.15) is 0 Å². The van der Waals surface area contributed by atoms with E-state index in [1.54, 1.807) is 0 Å². The summed E-state index contributed by atoms with van der Waals surface area (Å²) in [6.07, 6.45) is 1.34. The Morgan fingerprint density at radius 1 is 0.417 bits per heavy atom. The molecular formula is C36H44O10V2. The SMILES string of the molecule is CC(=O)C(Cc1cccc(CC(C(C)=O)=C(C)O)c1)=C(C)O.CC(=O)C(Cc1cccc(CC(C(C)=O)=C(C)O)c1)=C(C)O.[O]=[V].[O]=[V]. The number of rotatable bonds is 12. The maximum atomic E-state index is 11.5. The van der Waals surface area contributed by atoms with Crippen LogP contribution in [0.1, 0.15) is 77.6 Å². The van der Waals surface area contributed by atoms with Crippen molar-refractivity contribution in [1.29, 1.82) is 0 Å². The number of allylic oxidation sites excluding steroid dienone is 8. The van der Waals surface area contributed by atoms with E-state index in [2.05, 4.69) is 0 Å². The van der Waals surface area contributed by atoms with Gasteiger partial charge in [-0.25, -0.2) is 0 Å². The number of aliphatic hydroxyl groups is 4. The Labute approximate surface area is 300 Å². The summed E-state index contributed by atoms with van der Waals surface area (Å²) in [6, 6.07) is 14.8. The van der Waals surface area contributed by atoms with Crippen LogP contribution < -0.4 is 0 Å². The van der Waals surface area contributed by atoms with Crippen molar-refractivity contribution < 1.29 is 81.7 Å². The number of hydrogen-bond acceptors (Lipinski definition) is 10. The Bertz CT molecular complexity index is 1340. The molecule has 10 nitrogen and oxygen atoms in total. The van der Waals surface area contributed by atoms with Gasteiger partial charge in [0.15, 0.2) is 23.1 Å². The minimum absolute atomic E-state index is 0.0217. The summed E-state index contributed by atoms with van der Waals surface area (Å²) < 4.78 is 16.4. The molecule has 4 N–H and O–H groups in total. The van der Waals surface area contributed by atoms with E-state index in [0.717, 1.165) is 57.0 Å². The first kappa shape index (κ1) is 46.2. The molecule has 0 bridgehead atoms. The van der Waals surface area contributed by atoms with Crippen LogP contribution in [0, 0.1) is 0 Å². The number of Topliss-reactive ketones (excluding diaryl/α,β-unsaturated/α-hetero) is 4. The number of benzene rings is 2. The van der Waals surface area contributed by atoms with Crippen LogP contribution in [0.3, 0.4) is 0 Å². The molecule has 258 valence electrons. The molecule has 2 aromatic carbocycles. The molecule has 2 aromatic rings. The van der Waals surface area contributed by atoms with Crippen molar-refractivity contribution >= 4 is 23.1 Å². The summed E-state index contributed by atoms with van der Waals surface area (Å²) >= 11 is 2.12. The van der Waals surface area contributed by atoms with Crippen LogP contribution in [0.25, 0.3) is 0 Å². The van der Waals surface area contributed by atoms with Gasteiger partial charge in [-0.15, -0.1) is 0 Å². The molecule has 0 spiro atoms. The molecule has 2 rings (SSSR count). The van der Waals surface area contributed by atoms with Crippen molar-refractivity contribution in [2.75, 3.05) is 0 Å². The van der Waals surface area contributed by atoms with Gasteiger partial charge in [-0.2, -0.15) is 0 Å². The first-order valence-electron chi connectivity index (χ1n) is 14.5. The predicted molar refractivity (Wildman–Crippen MR) is 173 cm³/mol. The Morgan fingerprint density at radius 3 is 0.708 bits per heavy atom. The van der Waals surface area contributed by atoms with Crippen molar-refractivity contribution in [2.24, 2.45) is 0 Å². The maximum absolute atomic E-state index is 11.5. The third kappa shape index (κ3) is 17.3. The van der Waals surface area contributed by atoms with Crippen molar-refractivity contribution in [2.45, 2.75) is 81.1 Å². The molecule has 48 heavy (non-hydrogen) atoms. The van der Waals surface area contributed by atoms with Crippen LogP contribution in [0.2, 0.25) is 0 Å². The summed E-state index contributed by atoms with van der Waals surface area (Å²) in [4.78, 5) is 46.1. The van der Waals surface area contributed by atoms with Gasteiger partial charge in [0.2, 0.25) is 0 Å². The standard InChI is InChI=1S/2C18H22O4.2O.2V/c2*1-11(19)17(12(2)20)9-15-6-5-7-16(8-15)10-18(13(3)21)14(4)22;;;;/h2*5-8,19,21H,9-10H2,1-4H3;;;;. The zero-order valence-corrected chi connectivity index (χ0v) is 31.4. The van der Waals surface area contributed by atoms with Gasteiger partial charge in [-0.3, -0.25) is 19.2 Å². The second-order valence-electron chi connectivity index (χ2n) is 10.8. The molecule has 0 atom stereocenters. The number of hydrogen-bond donors (Lipinski definition) is 4. The Balaban J connectivity index is 0. The fourth-order valence-electron chi connectivity index (χ4n) is 4.54. The molecule has 12 heteroatoms. The Hall–Kier alpha value is -3.95. The van der Waals surface area contributed by atoms with E-state index in [4.69, 9.17) is 7.35 Å². The monoisotopic (exact) mass is 738 g/mol. The van der Waals surface area contributed by atoms with Crippen molar-refractivity contribution in [3.8, 4) is 0 Å². The van der Waals surface area contributed by atoms with Gasteiger partial charge in [-0.1, -0.05) is 48.5 Å². The van der Waals surface area contributed by atoms with Gasteiger partial charge < -0.3 is 20.4 Å². The average molecular weight is 739 g/mol. The van der Waals surface area contributed by atoms with Crippen LogP contribution >= 0.6 is 0 Å². The molecule has 0 aromatic heterocycles. The van der Waals surface area contributed by atoms with Gasteiger partial charge in [0.25, 0.3) is 0 Å².